The average molecular weight is 312 g/mol. The van der Waals surface area contributed by atoms with Crippen molar-refractivity contribution in [3.8, 4) is 0 Å². The van der Waals surface area contributed by atoms with Crippen LogP contribution < -0.4 is 23.8 Å². The van der Waals surface area contributed by atoms with E-state index in [1.807, 2.05) is 0 Å². The maximum absolute atomic E-state index is 10.9. The molecule has 1 saturated heterocycles. The molecule has 0 aliphatic carbocycles. The van der Waals surface area contributed by atoms with Crippen LogP contribution in [0.5, 0.6) is 0 Å². The van der Waals surface area contributed by atoms with E-state index in [9.17, 15) is 4.79 Å². The van der Waals surface area contributed by atoms with E-state index in [1.165, 1.54) is 11.3 Å². The van der Waals surface area contributed by atoms with Gasteiger partial charge in [0.25, 0.3) is 0 Å². The number of hydrogen-bond acceptors (Lipinski definition) is 3. The first-order valence-electron chi connectivity index (χ1n) is 8.08. The van der Waals surface area contributed by atoms with Gasteiger partial charge in [-0.05, 0) is 23.1 Å². The fraction of sp³-hybridized carbons (Fsp3) is 0.611. The number of rotatable bonds is 4. The SMILES string of the molecule is CC(CN1CCN(c2ccc(C(C)(C)C)cc2)CC1)C(=O)O.[H-].[Li+]. The molecule has 0 radical (unpaired) electrons. The molecule has 2 rings (SSSR count). The first-order chi connectivity index (χ1) is 10.3. The molecule has 5 heteroatoms. The monoisotopic (exact) mass is 312 g/mol. The van der Waals surface area contributed by atoms with Crippen LogP contribution in [-0.2, 0) is 10.2 Å². The molecule has 23 heavy (non-hydrogen) atoms. The quantitative estimate of drug-likeness (QED) is 0.792. The third-order valence-corrected chi connectivity index (χ3v) is 4.42. The van der Waals surface area contributed by atoms with Crippen LogP contribution in [0.3, 0.4) is 0 Å². The summed E-state index contributed by atoms with van der Waals surface area (Å²) < 4.78 is 0. The maximum atomic E-state index is 10.9. The molecule has 4 nitrogen and oxygen atoms in total. The van der Waals surface area contributed by atoms with Gasteiger partial charge in [0.1, 0.15) is 0 Å². The van der Waals surface area contributed by atoms with Crippen LogP contribution in [0.2, 0.25) is 0 Å². The van der Waals surface area contributed by atoms with Crippen LogP contribution in [0.15, 0.2) is 24.3 Å². The predicted octanol–water partition coefficient (Wildman–Crippen LogP) is -0.0567. The molecule has 1 heterocycles. The van der Waals surface area contributed by atoms with Gasteiger partial charge in [-0.3, -0.25) is 9.69 Å². The molecule has 1 fully saturated rings. The molecule has 1 aliphatic rings. The summed E-state index contributed by atoms with van der Waals surface area (Å²) >= 11 is 0. The van der Waals surface area contributed by atoms with Gasteiger partial charge in [-0.1, -0.05) is 39.8 Å². The topological polar surface area (TPSA) is 43.8 Å². The number of aliphatic carboxylic acids is 1. The van der Waals surface area contributed by atoms with E-state index < -0.39 is 5.97 Å². The number of piperazine rings is 1. The number of hydrogen-bond donors (Lipinski definition) is 1. The summed E-state index contributed by atoms with van der Waals surface area (Å²) in [6.07, 6.45) is 0. The molecule has 1 aromatic rings. The van der Waals surface area contributed by atoms with Gasteiger partial charge in [-0.2, -0.15) is 0 Å². The Morgan fingerprint density at radius 3 is 2.13 bits per heavy atom. The van der Waals surface area contributed by atoms with Crippen LogP contribution in [0, 0.1) is 5.92 Å². The van der Waals surface area contributed by atoms with Crippen molar-refractivity contribution in [2.45, 2.75) is 33.1 Å². The van der Waals surface area contributed by atoms with E-state index in [4.69, 9.17) is 5.11 Å². The normalized spacial score (nSPS) is 17.5. The minimum atomic E-state index is -0.708. The first-order valence-corrected chi connectivity index (χ1v) is 8.08. The second kappa shape index (κ2) is 8.24. The molecule has 0 saturated carbocycles. The number of carbonyl (C=O) groups is 1. The standard InChI is InChI=1S/C18H28N2O2.Li.H/c1-14(17(21)22)13-19-9-11-20(12-10-19)16-7-5-15(6-8-16)18(2,3)4;;/h5-8,14H,9-13H2,1-4H3,(H,21,22);;/q;+1;-1. The van der Waals surface area contributed by atoms with Gasteiger partial charge in [0.15, 0.2) is 0 Å². The number of carboxylic acid groups (broad SMARTS) is 1. The Hall–Kier alpha value is -0.953. The third kappa shape index (κ3) is 5.56. The van der Waals surface area contributed by atoms with Crippen LogP contribution in [0.4, 0.5) is 5.69 Å². The maximum Gasteiger partial charge on any atom is 1.00 e. The van der Waals surface area contributed by atoms with E-state index in [2.05, 4.69) is 54.8 Å². The Labute approximate surface area is 153 Å². The first kappa shape index (κ1) is 20.1. The van der Waals surface area contributed by atoms with Crippen molar-refractivity contribution in [3.63, 3.8) is 0 Å². The van der Waals surface area contributed by atoms with E-state index in [1.54, 1.807) is 6.92 Å². The summed E-state index contributed by atoms with van der Waals surface area (Å²) in [5, 5.41) is 9.00. The minimum Gasteiger partial charge on any atom is -1.00 e. The van der Waals surface area contributed by atoms with Gasteiger partial charge in [-0.15, -0.1) is 0 Å². The second-order valence-corrected chi connectivity index (χ2v) is 7.32. The zero-order chi connectivity index (χ0) is 16.3. The molecule has 1 aromatic carbocycles. The molecule has 1 unspecified atom stereocenters. The van der Waals surface area contributed by atoms with Crippen molar-refractivity contribution in [1.29, 1.82) is 0 Å². The van der Waals surface area contributed by atoms with Gasteiger partial charge in [0, 0.05) is 38.4 Å². The molecule has 1 aliphatic heterocycles. The van der Waals surface area contributed by atoms with E-state index in [0.717, 1.165) is 26.2 Å². The fourth-order valence-corrected chi connectivity index (χ4v) is 2.83. The van der Waals surface area contributed by atoms with Gasteiger partial charge in [0.2, 0.25) is 0 Å². The van der Waals surface area contributed by atoms with E-state index in [-0.39, 0.29) is 31.6 Å². The van der Waals surface area contributed by atoms with Crippen molar-refractivity contribution >= 4 is 11.7 Å². The minimum absolute atomic E-state index is 0. The summed E-state index contributed by atoms with van der Waals surface area (Å²) in [4.78, 5) is 15.6. The summed E-state index contributed by atoms with van der Waals surface area (Å²) in [6.45, 7) is 12.9. The van der Waals surface area contributed by atoms with Crippen molar-refractivity contribution in [1.82, 2.24) is 4.90 Å². The van der Waals surface area contributed by atoms with Gasteiger partial charge < -0.3 is 11.4 Å². The number of anilines is 1. The zero-order valence-electron chi connectivity index (χ0n) is 16.2. The molecule has 1 N–H and O–H groups in total. The molecule has 1 atom stereocenters. The van der Waals surface area contributed by atoms with E-state index in [0.29, 0.717) is 6.54 Å². The Morgan fingerprint density at radius 1 is 1.17 bits per heavy atom. The summed E-state index contributed by atoms with van der Waals surface area (Å²) in [6, 6.07) is 8.84. The molecule has 0 aromatic heterocycles. The molecular formula is C18H29LiN2O2. The van der Waals surface area contributed by atoms with E-state index >= 15 is 0 Å². The van der Waals surface area contributed by atoms with Crippen LogP contribution >= 0.6 is 0 Å². The molecule has 0 bridgehead atoms. The van der Waals surface area contributed by atoms with Gasteiger partial charge in [-0.25, -0.2) is 0 Å². The summed E-state index contributed by atoms with van der Waals surface area (Å²) in [5.74, 6) is -1.00. The summed E-state index contributed by atoms with van der Waals surface area (Å²) in [7, 11) is 0. The Bertz CT molecular complexity index is 509. The smallest absolute Gasteiger partial charge is 1.00 e. The van der Waals surface area contributed by atoms with Crippen LogP contribution in [0.25, 0.3) is 0 Å². The van der Waals surface area contributed by atoms with Crippen molar-refractivity contribution in [2.24, 2.45) is 5.92 Å². The Morgan fingerprint density at radius 2 is 1.70 bits per heavy atom. The van der Waals surface area contributed by atoms with Crippen LogP contribution in [0.1, 0.15) is 34.7 Å². The summed E-state index contributed by atoms with van der Waals surface area (Å²) in [5.41, 5.74) is 2.80. The molecule has 124 valence electrons. The number of nitrogens with zero attached hydrogens (tertiary/aromatic N) is 2. The van der Waals surface area contributed by atoms with Gasteiger partial charge in [0.05, 0.1) is 5.92 Å². The molecule has 0 spiro atoms. The molecular weight excluding hydrogens is 283 g/mol. The number of benzene rings is 1. The van der Waals surface area contributed by atoms with Gasteiger partial charge >= 0.3 is 24.8 Å². The van der Waals surface area contributed by atoms with Crippen molar-refractivity contribution in [2.75, 3.05) is 37.6 Å². The zero-order valence-corrected chi connectivity index (χ0v) is 15.2. The third-order valence-electron chi connectivity index (χ3n) is 4.42. The molecule has 0 amide bonds. The van der Waals surface area contributed by atoms with Crippen molar-refractivity contribution < 1.29 is 30.2 Å². The second-order valence-electron chi connectivity index (χ2n) is 7.32. The van der Waals surface area contributed by atoms with Crippen molar-refractivity contribution in [3.05, 3.63) is 29.8 Å². The average Bonchev–Trinajstić information content (AvgIpc) is 2.47. The Balaban J connectivity index is 0.00000264. The fourth-order valence-electron chi connectivity index (χ4n) is 2.83. The Kier molecular flexibility index (Phi) is 7.20. The van der Waals surface area contributed by atoms with Crippen LogP contribution in [-0.4, -0.2) is 48.7 Å². The largest absolute Gasteiger partial charge is 1.00 e. The number of carboxylic acids is 1. The predicted molar refractivity (Wildman–Crippen MR) is 91.7 cm³/mol.